The van der Waals surface area contributed by atoms with Gasteiger partial charge in [0.15, 0.2) is 0 Å². The first-order valence-corrected chi connectivity index (χ1v) is 3.65. The number of carbonyl (C=O) groups excluding carboxylic acids is 1. The second kappa shape index (κ2) is 4.59. The minimum Gasteiger partial charge on any atom is -0.408 e. The van der Waals surface area contributed by atoms with Crippen molar-refractivity contribution < 1.29 is 14.3 Å². The number of hydrogen-bond donors (Lipinski definition) is 0. The molecule has 0 aliphatic carbocycles. The summed E-state index contributed by atoms with van der Waals surface area (Å²) in [6, 6.07) is 4.46. The molecule has 0 saturated heterocycles. The average molecular weight is 186 g/mol. The predicted octanol–water partition coefficient (Wildman–Crippen LogP) is 1.44. The Labute approximate surface area is 81.6 Å². The molecule has 3 heteroatoms. The van der Waals surface area contributed by atoms with Crippen molar-refractivity contribution in [3.63, 3.8) is 0 Å². The number of ether oxygens (including phenoxy) is 2. The Balaban J connectivity index is 3.09. The molecule has 0 aromatic heterocycles. The maximum atomic E-state index is 10.5. The molecule has 0 fully saturated rings. The summed E-state index contributed by atoms with van der Waals surface area (Å²) >= 11 is 0. The largest absolute Gasteiger partial charge is 0.408 e. The SMILES string of the molecule is C#COc1cc(C=O)cc(OC#C)c1. The van der Waals surface area contributed by atoms with E-state index in [2.05, 4.69) is 0 Å². The van der Waals surface area contributed by atoms with Gasteiger partial charge in [0, 0.05) is 11.6 Å². The van der Waals surface area contributed by atoms with Gasteiger partial charge in [-0.15, -0.1) is 0 Å². The van der Waals surface area contributed by atoms with Crippen molar-refractivity contribution in [2.45, 2.75) is 0 Å². The van der Waals surface area contributed by atoms with Gasteiger partial charge < -0.3 is 9.47 Å². The Kier molecular flexibility index (Phi) is 3.18. The highest BCUT2D eigenvalue weighted by Gasteiger charge is 2.01. The zero-order valence-electron chi connectivity index (χ0n) is 7.19. The number of carbonyl (C=O) groups is 1. The van der Waals surface area contributed by atoms with Gasteiger partial charge in [0.2, 0.25) is 0 Å². The second-order valence-corrected chi connectivity index (χ2v) is 2.30. The smallest absolute Gasteiger partial charge is 0.150 e. The lowest BCUT2D eigenvalue weighted by molar-refractivity contribution is 0.112. The van der Waals surface area contributed by atoms with E-state index < -0.39 is 0 Å². The van der Waals surface area contributed by atoms with E-state index >= 15 is 0 Å². The maximum absolute atomic E-state index is 10.5. The summed E-state index contributed by atoms with van der Waals surface area (Å²) in [5.41, 5.74) is 0.378. The summed E-state index contributed by atoms with van der Waals surface area (Å²) in [6.45, 7) is 0. The summed E-state index contributed by atoms with van der Waals surface area (Å²) in [6.07, 6.45) is 14.5. The number of benzene rings is 1. The second-order valence-electron chi connectivity index (χ2n) is 2.30. The molecule has 0 aliphatic rings. The number of aldehydes is 1. The topological polar surface area (TPSA) is 35.5 Å². The summed E-state index contributed by atoms with van der Waals surface area (Å²) in [5, 5.41) is 0. The van der Waals surface area contributed by atoms with Crippen molar-refractivity contribution in [2.24, 2.45) is 0 Å². The third-order valence-electron chi connectivity index (χ3n) is 1.39. The highest BCUT2D eigenvalue weighted by Crippen LogP contribution is 2.21. The van der Waals surface area contributed by atoms with Crippen LogP contribution >= 0.6 is 0 Å². The van der Waals surface area contributed by atoms with Crippen molar-refractivity contribution in [1.29, 1.82) is 0 Å². The minimum absolute atomic E-state index is 0.336. The molecule has 1 aromatic carbocycles. The Morgan fingerprint density at radius 3 is 1.93 bits per heavy atom. The van der Waals surface area contributed by atoms with Crippen molar-refractivity contribution in [3.05, 3.63) is 23.8 Å². The van der Waals surface area contributed by atoms with Crippen molar-refractivity contribution in [1.82, 2.24) is 0 Å². The Morgan fingerprint density at radius 1 is 1.07 bits per heavy atom. The molecule has 1 aromatic rings. The van der Waals surface area contributed by atoms with Gasteiger partial charge in [-0.05, 0) is 12.1 Å². The van der Waals surface area contributed by atoms with Crippen molar-refractivity contribution in [3.8, 4) is 36.6 Å². The van der Waals surface area contributed by atoms with Crippen LogP contribution in [-0.2, 0) is 0 Å². The van der Waals surface area contributed by atoms with E-state index in [1.54, 1.807) is 0 Å². The average Bonchev–Trinajstić information content (AvgIpc) is 2.18. The minimum atomic E-state index is 0.336. The fourth-order valence-electron chi connectivity index (χ4n) is 0.916. The van der Waals surface area contributed by atoms with Gasteiger partial charge in [0.05, 0.1) is 0 Å². The van der Waals surface area contributed by atoms with Crippen LogP contribution in [0, 0.1) is 25.1 Å². The normalized spacial score (nSPS) is 8.14. The number of rotatable bonds is 3. The molecule has 0 heterocycles. The van der Waals surface area contributed by atoms with E-state index in [4.69, 9.17) is 22.3 Å². The van der Waals surface area contributed by atoms with E-state index in [1.165, 1.54) is 18.2 Å². The fraction of sp³-hybridized carbons (Fsp3) is 0. The number of terminal acetylenes is 2. The molecular weight excluding hydrogens is 180 g/mol. The van der Waals surface area contributed by atoms with Gasteiger partial charge in [-0.25, -0.2) is 0 Å². The van der Waals surface area contributed by atoms with Crippen LogP contribution in [0.1, 0.15) is 10.4 Å². The molecule has 1 rings (SSSR count). The molecular formula is C11H6O3. The van der Waals surface area contributed by atoms with Crippen LogP contribution in [0.4, 0.5) is 0 Å². The molecule has 0 radical (unpaired) electrons. The van der Waals surface area contributed by atoms with Gasteiger partial charge in [-0.1, -0.05) is 12.8 Å². The van der Waals surface area contributed by atoms with E-state index in [-0.39, 0.29) is 0 Å². The maximum Gasteiger partial charge on any atom is 0.150 e. The first kappa shape index (κ1) is 9.70. The first-order chi connectivity index (χ1) is 6.80. The zero-order chi connectivity index (χ0) is 10.4. The van der Waals surface area contributed by atoms with Crippen LogP contribution in [0.2, 0.25) is 0 Å². The third-order valence-corrected chi connectivity index (χ3v) is 1.39. The first-order valence-electron chi connectivity index (χ1n) is 3.65. The highest BCUT2D eigenvalue weighted by molar-refractivity contribution is 5.76. The molecule has 14 heavy (non-hydrogen) atoms. The van der Waals surface area contributed by atoms with Gasteiger partial charge in [0.1, 0.15) is 30.0 Å². The molecule has 0 atom stereocenters. The third kappa shape index (κ3) is 2.30. The zero-order valence-corrected chi connectivity index (χ0v) is 7.19. The van der Waals surface area contributed by atoms with E-state index in [9.17, 15) is 4.79 Å². The Bertz CT molecular complexity index is 387. The molecule has 0 unspecified atom stereocenters. The lowest BCUT2D eigenvalue weighted by Gasteiger charge is -2.01. The van der Waals surface area contributed by atoms with Crippen LogP contribution in [0.15, 0.2) is 18.2 Å². The number of hydrogen-bond acceptors (Lipinski definition) is 3. The van der Waals surface area contributed by atoms with Gasteiger partial charge in [-0.3, -0.25) is 4.79 Å². The summed E-state index contributed by atoms with van der Waals surface area (Å²) < 4.78 is 9.51. The molecule has 0 aliphatic heterocycles. The molecule has 3 nitrogen and oxygen atoms in total. The van der Waals surface area contributed by atoms with Gasteiger partial charge >= 0.3 is 0 Å². The molecule has 0 bridgehead atoms. The summed E-state index contributed by atoms with van der Waals surface area (Å²) in [4.78, 5) is 10.5. The molecule has 0 amide bonds. The Morgan fingerprint density at radius 2 is 1.57 bits per heavy atom. The van der Waals surface area contributed by atoms with Gasteiger partial charge in [-0.2, -0.15) is 0 Å². The van der Waals surface area contributed by atoms with E-state index in [0.717, 1.165) is 0 Å². The Hall–Kier alpha value is -2.39. The van der Waals surface area contributed by atoms with Crippen molar-refractivity contribution in [2.75, 3.05) is 0 Å². The molecule has 0 saturated carbocycles. The lowest BCUT2D eigenvalue weighted by Crippen LogP contribution is -1.89. The van der Waals surface area contributed by atoms with E-state index in [0.29, 0.717) is 23.3 Å². The van der Waals surface area contributed by atoms with Crippen LogP contribution in [0.3, 0.4) is 0 Å². The van der Waals surface area contributed by atoms with Gasteiger partial charge in [0.25, 0.3) is 0 Å². The van der Waals surface area contributed by atoms with Crippen LogP contribution in [-0.4, -0.2) is 6.29 Å². The van der Waals surface area contributed by atoms with E-state index in [1.807, 2.05) is 12.2 Å². The quantitative estimate of drug-likeness (QED) is 0.529. The summed E-state index contributed by atoms with van der Waals surface area (Å²) in [7, 11) is 0. The van der Waals surface area contributed by atoms with Crippen molar-refractivity contribution >= 4 is 6.29 Å². The highest BCUT2D eigenvalue weighted by atomic mass is 16.5. The summed E-state index contributed by atoms with van der Waals surface area (Å²) in [5.74, 6) is 0.671. The fourth-order valence-corrected chi connectivity index (χ4v) is 0.916. The van der Waals surface area contributed by atoms with Crippen LogP contribution in [0.5, 0.6) is 11.5 Å². The molecule has 68 valence electrons. The van der Waals surface area contributed by atoms with Crippen LogP contribution < -0.4 is 9.47 Å². The predicted molar refractivity (Wildman–Crippen MR) is 50.8 cm³/mol. The van der Waals surface area contributed by atoms with Crippen LogP contribution in [0.25, 0.3) is 0 Å². The lowest BCUT2D eigenvalue weighted by atomic mass is 10.2. The standard InChI is InChI=1S/C11H6O3/c1-3-13-10-5-9(8-12)6-11(7-10)14-4-2/h1-2,5-8H. The monoisotopic (exact) mass is 186 g/mol. The molecule has 0 N–H and O–H groups in total. The molecule has 0 spiro atoms.